The maximum absolute atomic E-state index is 8.83. The Morgan fingerprint density at radius 2 is 2.17 bits per heavy atom. The molecule has 5 nitrogen and oxygen atoms in total. The Balaban J connectivity index is 1.56. The first kappa shape index (κ1) is 16.4. The molecule has 0 bridgehead atoms. The lowest BCUT2D eigenvalue weighted by atomic mass is 10.1. The monoisotopic (exact) mass is 322 g/mol. The Morgan fingerprint density at radius 3 is 2.88 bits per heavy atom. The van der Waals surface area contributed by atoms with Gasteiger partial charge in [0.05, 0.1) is 24.3 Å². The molecule has 0 radical (unpaired) electrons. The Hall–Kier alpha value is -2.42. The number of nitrogens with zero attached hydrogens (tertiary/aromatic N) is 3. The van der Waals surface area contributed by atoms with E-state index in [9.17, 15) is 0 Å². The zero-order valence-corrected chi connectivity index (χ0v) is 13.9. The SMILES string of the molecule is C[C@H](Nc1ccc(C#N)cn1)[C@@H]1CN(Cc2ccccc2)CCO1. The molecule has 3 rings (SSSR count). The highest BCUT2D eigenvalue weighted by molar-refractivity contribution is 5.39. The van der Waals surface area contributed by atoms with Crippen molar-refractivity contribution in [1.82, 2.24) is 9.88 Å². The van der Waals surface area contributed by atoms with Gasteiger partial charge >= 0.3 is 0 Å². The highest BCUT2D eigenvalue weighted by Gasteiger charge is 2.25. The number of hydrogen-bond donors (Lipinski definition) is 1. The van der Waals surface area contributed by atoms with E-state index in [1.807, 2.05) is 12.1 Å². The molecule has 0 amide bonds. The number of morpholine rings is 1. The van der Waals surface area contributed by atoms with Gasteiger partial charge in [-0.1, -0.05) is 30.3 Å². The molecule has 0 saturated carbocycles. The van der Waals surface area contributed by atoms with Gasteiger partial charge in [0.2, 0.25) is 0 Å². The first-order valence-corrected chi connectivity index (χ1v) is 8.25. The zero-order chi connectivity index (χ0) is 16.8. The van der Waals surface area contributed by atoms with Gasteiger partial charge in [0.25, 0.3) is 0 Å². The maximum atomic E-state index is 8.83. The van der Waals surface area contributed by atoms with E-state index >= 15 is 0 Å². The Kier molecular flexibility index (Phi) is 5.42. The van der Waals surface area contributed by atoms with Crippen LogP contribution >= 0.6 is 0 Å². The van der Waals surface area contributed by atoms with Crippen LogP contribution in [-0.2, 0) is 11.3 Å². The fourth-order valence-electron chi connectivity index (χ4n) is 2.89. The van der Waals surface area contributed by atoms with Crippen LogP contribution in [0.1, 0.15) is 18.1 Å². The van der Waals surface area contributed by atoms with Crippen LogP contribution < -0.4 is 5.32 Å². The van der Waals surface area contributed by atoms with Crippen LogP contribution in [0.3, 0.4) is 0 Å². The van der Waals surface area contributed by atoms with Crippen LogP contribution in [0.25, 0.3) is 0 Å². The fourth-order valence-corrected chi connectivity index (χ4v) is 2.89. The number of hydrogen-bond acceptors (Lipinski definition) is 5. The van der Waals surface area contributed by atoms with Gasteiger partial charge in [0, 0.05) is 25.8 Å². The maximum Gasteiger partial charge on any atom is 0.126 e. The molecule has 1 aromatic carbocycles. The minimum Gasteiger partial charge on any atom is -0.373 e. The number of nitriles is 1. The van der Waals surface area contributed by atoms with Gasteiger partial charge in [-0.25, -0.2) is 4.98 Å². The summed E-state index contributed by atoms with van der Waals surface area (Å²) in [7, 11) is 0. The van der Waals surface area contributed by atoms with E-state index in [1.54, 1.807) is 12.3 Å². The number of aromatic nitrogens is 1. The van der Waals surface area contributed by atoms with Crippen molar-refractivity contribution in [2.45, 2.75) is 25.6 Å². The summed E-state index contributed by atoms with van der Waals surface area (Å²) >= 11 is 0. The minimum atomic E-state index is 0.111. The van der Waals surface area contributed by atoms with Crippen LogP contribution in [0.5, 0.6) is 0 Å². The molecule has 1 aromatic heterocycles. The second-order valence-electron chi connectivity index (χ2n) is 6.11. The zero-order valence-electron chi connectivity index (χ0n) is 13.9. The molecule has 1 aliphatic heterocycles. The highest BCUT2D eigenvalue weighted by Crippen LogP contribution is 2.15. The molecule has 5 heteroatoms. The van der Waals surface area contributed by atoms with Crippen molar-refractivity contribution in [1.29, 1.82) is 5.26 Å². The summed E-state index contributed by atoms with van der Waals surface area (Å²) in [4.78, 5) is 6.69. The summed E-state index contributed by atoms with van der Waals surface area (Å²) in [6.07, 6.45) is 1.69. The number of pyridine rings is 1. The summed E-state index contributed by atoms with van der Waals surface area (Å²) < 4.78 is 5.94. The number of ether oxygens (including phenoxy) is 1. The van der Waals surface area contributed by atoms with Gasteiger partial charge in [0.15, 0.2) is 0 Å². The van der Waals surface area contributed by atoms with Gasteiger partial charge < -0.3 is 10.1 Å². The summed E-state index contributed by atoms with van der Waals surface area (Å²) in [5.74, 6) is 0.769. The third kappa shape index (κ3) is 4.31. The molecular formula is C19H22N4O. The van der Waals surface area contributed by atoms with Gasteiger partial charge in [-0.05, 0) is 24.6 Å². The van der Waals surface area contributed by atoms with E-state index < -0.39 is 0 Å². The van der Waals surface area contributed by atoms with Crippen molar-refractivity contribution in [3.63, 3.8) is 0 Å². The predicted molar refractivity (Wildman–Crippen MR) is 93.5 cm³/mol. The van der Waals surface area contributed by atoms with Crippen molar-refractivity contribution >= 4 is 5.82 Å². The van der Waals surface area contributed by atoms with Gasteiger partial charge in [-0.15, -0.1) is 0 Å². The van der Waals surface area contributed by atoms with E-state index in [0.29, 0.717) is 5.56 Å². The fraction of sp³-hybridized carbons (Fsp3) is 0.368. The number of rotatable bonds is 5. The van der Waals surface area contributed by atoms with Crippen molar-refractivity contribution in [3.05, 3.63) is 59.8 Å². The average Bonchev–Trinajstić information content (AvgIpc) is 2.63. The lowest BCUT2D eigenvalue weighted by Crippen LogP contribution is -2.48. The normalized spacial score (nSPS) is 19.4. The molecule has 1 aliphatic rings. The van der Waals surface area contributed by atoms with E-state index in [4.69, 9.17) is 10.00 Å². The molecule has 24 heavy (non-hydrogen) atoms. The van der Waals surface area contributed by atoms with Crippen LogP contribution in [0.2, 0.25) is 0 Å². The van der Waals surface area contributed by atoms with Crippen molar-refractivity contribution in [2.75, 3.05) is 25.0 Å². The molecule has 2 heterocycles. The predicted octanol–water partition coefficient (Wildman–Crippen LogP) is 2.65. The van der Waals surface area contributed by atoms with E-state index in [0.717, 1.165) is 32.1 Å². The Labute approximate surface area is 142 Å². The van der Waals surface area contributed by atoms with Crippen molar-refractivity contribution in [3.8, 4) is 6.07 Å². The van der Waals surface area contributed by atoms with E-state index in [1.165, 1.54) is 5.56 Å². The minimum absolute atomic E-state index is 0.111. The highest BCUT2D eigenvalue weighted by atomic mass is 16.5. The Morgan fingerprint density at radius 1 is 1.33 bits per heavy atom. The van der Waals surface area contributed by atoms with Gasteiger partial charge in [-0.2, -0.15) is 5.26 Å². The van der Waals surface area contributed by atoms with E-state index in [2.05, 4.69) is 52.5 Å². The summed E-state index contributed by atoms with van der Waals surface area (Å²) in [6.45, 7) is 5.63. The number of benzene rings is 1. The molecule has 2 aromatic rings. The molecule has 2 atom stereocenters. The first-order chi connectivity index (χ1) is 11.7. The Bertz CT molecular complexity index is 681. The van der Waals surface area contributed by atoms with E-state index in [-0.39, 0.29) is 12.1 Å². The third-order valence-electron chi connectivity index (χ3n) is 4.25. The van der Waals surface area contributed by atoms with Crippen molar-refractivity contribution < 1.29 is 4.74 Å². The molecule has 1 saturated heterocycles. The first-order valence-electron chi connectivity index (χ1n) is 8.25. The summed E-state index contributed by atoms with van der Waals surface area (Å²) in [6, 6.07) is 16.3. The van der Waals surface area contributed by atoms with Gasteiger partial charge in [0.1, 0.15) is 11.9 Å². The van der Waals surface area contributed by atoms with Crippen LogP contribution in [0, 0.1) is 11.3 Å². The van der Waals surface area contributed by atoms with Crippen LogP contribution in [0.15, 0.2) is 48.7 Å². The lowest BCUT2D eigenvalue weighted by molar-refractivity contribution is -0.0374. The topological polar surface area (TPSA) is 61.2 Å². The smallest absolute Gasteiger partial charge is 0.126 e. The molecule has 1 fully saturated rings. The molecular weight excluding hydrogens is 300 g/mol. The second kappa shape index (κ2) is 7.91. The average molecular weight is 322 g/mol. The molecule has 0 unspecified atom stereocenters. The summed E-state index contributed by atoms with van der Waals surface area (Å²) in [5.41, 5.74) is 1.89. The summed E-state index contributed by atoms with van der Waals surface area (Å²) in [5, 5.41) is 12.2. The standard InChI is InChI=1S/C19H22N4O/c1-15(22-19-8-7-17(11-20)12-21-19)18-14-23(9-10-24-18)13-16-5-3-2-4-6-16/h2-8,12,15,18H,9-10,13-14H2,1H3,(H,21,22)/t15-,18-/m0/s1. The molecule has 0 spiro atoms. The van der Waals surface area contributed by atoms with Crippen molar-refractivity contribution in [2.24, 2.45) is 0 Å². The van der Waals surface area contributed by atoms with Crippen LogP contribution in [0.4, 0.5) is 5.82 Å². The largest absolute Gasteiger partial charge is 0.373 e. The number of anilines is 1. The lowest BCUT2D eigenvalue weighted by Gasteiger charge is -2.36. The second-order valence-corrected chi connectivity index (χ2v) is 6.11. The van der Waals surface area contributed by atoms with Gasteiger partial charge in [-0.3, -0.25) is 4.90 Å². The van der Waals surface area contributed by atoms with Crippen LogP contribution in [-0.4, -0.2) is 41.7 Å². The quantitative estimate of drug-likeness (QED) is 0.917. The molecule has 124 valence electrons. The molecule has 0 aliphatic carbocycles. The third-order valence-corrected chi connectivity index (χ3v) is 4.25. The number of nitrogens with one attached hydrogen (secondary N) is 1. The molecule has 1 N–H and O–H groups in total.